The first-order valence-corrected chi connectivity index (χ1v) is 8.22. The Bertz CT molecular complexity index is 1120. The van der Waals surface area contributed by atoms with Crippen LogP contribution in [0.5, 0.6) is 11.5 Å². The lowest BCUT2D eigenvalue weighted by atomic mass is 10.2. The van der Waals surface area contributed by atoms with Crippen LogP contribution in [0.25, 0.3) is 10.8 Å². The standard InChI is InChI=1S/C20H15N5O2/c21-18-14-9-6-11-16(27-13-7-2-1-3-8-13)17(14)19(23-18)24-25-20(26)15-10-4-5-12-22-15/h1-12,23H,21H2. The zero-order valence-corrected chi connectivity index (χ0v) is 14.2. The number of nitrogens with one attached hydrogen (secondary N) is 1. The molecule has 132 valence electrons. The number of nitrogens with zero attached hydrogens (tertiary/aromatic N) is 3. The molecule has 0 unspecified atom stereocenters. The number of carbonyl (C=O) groups excluding carboxylic acids is 1. The van der Waals surface area contributed by atoms with E-state index >= 15 is 0 Å². The SMILES string of the molecule is Nc1[nH]c(N=NC(=O)c2ccccn2)c2c(Oc3ccccc3)cccc12. The predicted molar refractivity (Wildman–Crippen MR) is 102 cm³/mol. The van der Waals surface area contributed by atoms with E-state index < -0.39 is 5.91 Å². The zero-order chi connectivity index (χ0) is 18.6. The molecule has 4 aromatic rings. The predicted octanol–water partition coefficient (Wildman–Crippen LogP) is 4.86. The number of fused-ring (bicyclic) bond motifs is 1. The Morgan fingerprint density at radius 3 is 2.59 bits per heavy atom. The molecule has 0 bridgehead atoms. The number of azo groups is 1. The van der Waals surface area contributed by atoms with Crippen LogP contribution >= 0.6 is 0 Å². The fourth-order valence-electron chi connectivity index (χ4n) is 2.67. The van der Waals surface area contributed by atoms with Crippen LogP contribution in [0.15, 0.2) is 83.2 Å². The smallest absolute Gasteiger partial charge is 0.313 e. The molecule has 0 saturated carbocycles. The molecule has 0 aliphatic heterocycles. The van der Waals surface area contributed by atoms with Gasteiger partial charge in [-0.1, -0.05) is 36.4 Å². The average Bonchev–Trinajstić information content (AvgIpc) is 3.04. The highest BCUT2D eigenvalue weighted by Gasteiger charge is 2.14. The number of H-pyrrole nitrogens is 1. The fourth-order valence-corrected chi connectivity index (χ4v) is 2.67. The number of amides is 1. The summed E-state index contributed by atoms with van der Waals surface area (Å²) in [5, 5.41) is 9.20. The van der Waals surface area contributed by atoms with Crippen molar-refractivity contribution in [2.75, 3.05) is 5.73 Å². The van der Waals surface area contributed by atoms with Crippen molar-refractivity contribution in [3.05, 3.63) is 78.6 Å². The van der Waals surface area contributed by atoms with Crippen LogP contribution < -0.4 is 10.5 Å². The molecule has 0 spiro atoms. The van der Waals surface area contributed by atoms with Crippen LogP contribution in [-0.2, 0) is 0 Å². The summed E-state index contributed by atoms with van der Waals surface area (Å²) < 4.78 is 5.96. The summed E-state index contributed by atoms with van der Waals surface area (Å²) in [5.41, 5.74) is 6.26. The minimum atomic E-state index is -0.543. The molecular formula is C20H15N5O2. The molecular weight excluding hydrogens is 342 g/mol. The quantitative estimate of drug-likeness (QED) is 0.509. The van der Waals surface area contributed by atoms with Gasteiger partial charge in [-0.25, -0.2) is 0 Å². The Morgan fingerprint density at radius 2 is 1.81 bits per heavy atom. The second-order valence-corrected chi connectivity index (χ2v) is 5.70. The van der Waals surface area contributed by atoms with E-state index in [-0.39, 0.29) is 5.69 Å². The maximum absolute atomic E-state index is 12.1. The minimum absolute atomic E-state index is 0.214. The summed E-state index contributed by atoms with van der Waals surface area (Å²) in [6, 6.07) is 19.9. The second kappa shape index (κ2) is 7.09. The monoisotopic (exact) mass is 357 g/mol. The molecule has 0 radical (unpaired) electrons. The average molecular weight is 357 g/mol. The maximum Gasteiger partial charge on any atom is 0.313 e. The van der Waals surface area contributed by atoms with E-state index in [0.717, 1.165) is 5.39 Å². The van der Waals surface area contributed by atoms with E-state index in [0.29, 0.717) is 28.5 Å². The van der Waals surface area contributed by atoms with E-state index in [1.165, 1.54) is 6.20 Å². The van der Waals surface area contributed by atoms with Gasteiger partial charge in [0.2, 0.25) is 0 Å². The van der Waals surface area contributed by atoms with Crippen molar-refractivity contribution in [1.82, 2.24) is 9.97 Å². The normalized spacial score (nSPS) is 11.1. The number of aromatic nitrogens is 2. The summed E-state index contributed by atoms with van der Waals surface area (Å²) in [7, 11) is 0. The molecule has 27 heavy (non-hydrogen) atoms. The van der Waals surface area contributed by atoms with Crippen LogP contribution in [0, 0.1) is 0 Å². The van der Waals surface area contributed by atoms with Gasteiger partial charge in [-0.05, 0) is 30.3 Å². The molecule has 0 fully saturated rings. The molecule has 0 aliphatic carbocycles. The van der Waals surface area contributed by atoms with Gasteiger partial charge in [0.25, 0.3) is 0 Å². The van der Waals surface area contributed by atoms with Crippen molar-refractivity contribution in [1.29, 1.82) is 0 Å². The molecule has 1 amide bonds. The third-order valence-corrected chi connectivity index (χ3v) is 3.90. The van der Waals surface area contributed by atoms with E-state index in [1.54, 1.807) is 18.2 Å². The van der Waals surface area contributed by atoms with Gasteiger partial charge in [0.1, 0.15) is 23.0 Å². The zero-order valence-electron chi connectivity index (χ0n) is 14.2. The Labute approximate surface area is 154 Å². The molecule has 3 N–H and O–H groups in total. The molecule has 0 saturated heterocycles. The Morgan fingerprint density at radius 1 is 1.00 bits per heavy atom. The van der Waals surface area contributed by atoms with Gasteiger partial charge in [0.05, 0.1) is 5.39 Å². The lowest BCUT2D eigenvalue weighted by Gasteiger charge is -2.07. The van der Waals surface area contributed by atoms with E-state index in [1.807, 2.05) is 48.5 Å². The number of carbonyl (C=O) groups is 1. The Balaban J connectivity index is 1.73. The number of ether oxygens (including phenoxy) is 1. The van der Waals surface area contributed by atoms with Crippen LogP contribution in [0.3, 0.4) is 0 Å². The van der Waals surface area contributed by atoms with Gasteiger partial charge < -0.3 is 15.5 Å². The first kappa shape index (κ1) is 16.5. The number of benzene rings is 2. The highest BCUT2D eigenvalue weighted by Crippen LogP contribution is 2.39. The van der Waals surface area contributed by atoms with Crippen LogP contribution in [-0.4, -0.2) is 15.9 Å². The van der Waals surface area contributed by atoms with Crippen molar-refractivity contribution >= 4 is 28.3 Å². The molecule has 0 atom stereocenters. The highest BCUT2D eigenvalue weighted by atomic mass is 16.5. The first-order valence-electron chi connectivity index (χ1n) is 8.22. The molecule has 4 rings (SSSR count). The number of nitrogen functional groups attached to an aromatic ring is 1. The third-order valence-electron chi connectivity index (χ3n) is 3.90. The minimum Gasteiger partial charge on any atom is -0.457 e. The summed E-state index contributed by atoms with van der Waals surface area (Å²) in [6.07, 6.45) is 1.52. The van der Waals surface area contributed by atoms with Crippen molar-refractivity contribution < 1.29 is 9.53 Å². The van der Waals surface area contributed by atoms with Crippen molar-refractivity contribution in [3.63, 3.8) is 0 Å². The number of nitrogens with two attached hydrogens (primary N) is 1. The Hall–Kier alpha value is -4.00. The third kappa shape index (κ3) is 3.38. The molecule has 7 nitrogen and oxygen atoms in total. The van der Waals surface area contributed by atoms with Crippen molar-refractivity contribution in [3.8, 4) is 11.5 Å². The van der Waals surface area contributed by atoms with Gasteiger partial charge in [-0.2, -0.15) is 0 Å². The summed E-state index contributed by atoms with van der Waals surface area (Å²) in [6.45, 7) is 0. The van der Waals surface area contributed by atoms with Crippen LogP contribution in [0.4, 0.5) is 11.6 Å². The van der Waals surface area contributed by atoms with E-state index in [4.69, 9.17) is 10.5 Å². The molecule has 2 aromatic heterocycles. The number of hydrogen-bond acceptors (Lipinski definition) is 5. The van der Waals surface area contributed by atoms with E-state index in [2.05, 4.69) is 20.2 Å². The van der Waals surface area contributed by atoms with Crippen molar-refractivity contribution in [2.24, 2.45) is 10.2 Å². The highest BCUT2D eigenvalue weighted by molar-refractivity contribution is 6.04. The summed E-state index contributed by atoms with van der Waals surface area (Å²) in [5.74, 6) is 1.46. The van der Waals surface area contributed by atoms with Gasteiger partial charge in [-0.3, -0.25) is 9.78 Å². The number of anilines is 1. The second-order valence-electron chi connectivity index (χ2n) is 5.70. The maximum atomic E-state index is 12.1. The summed E-state index contributed by atoms with van der Waals surface area (Å²) in [4.78, 5) is 19.1. The number of rotatable bonds is 4. The summed E-state index contributed by atoms with van der Waals surface area (Å²) >= 11 is 0. The van der Waals surface area contributed by atoms with Gasteiger partial charge in [-0.15, -0.1) is 10.2 Å². The number of aromatic amines is 1. The molecule has 7 heteroatoms. The van der Waals surface area contributed by atoms with Crippen LogP contribution in [0.1, 0.15) is 10.5 Å². The lowest BCUT2D eigenvalue weighted by molar-refractivity contribution is 0.0990. The lowest BCUT2D eigenvalue weighted by Crippen LogP contribution is -1.96. The molecule has 0 aliphatic rings. The van der Waals surface area contributed by atoms with Crippen LogP contribution in [0.2, 0.25) is 0 Å². The first-order chi connectivity index (χ1) is 13.2. The fraction of sp³-hybridized carbons (Fsp3) is 0. The van der Waals surface area contributed by atoms with Gasteiger partial charge in [0.15, 0.2) is 5.82 Å². The Kier molecular flexibility index (Phi) is 4.32. The molecule has 2 aromatic carbocycles. The molecule has 2 heterocycles. The van der Waals surface area contributed by atoms with Crippen molar-refractivity contribution in [2.45, 2.75) is 0 Å². The largest absolute Gasteiger partial charge is 0.457 e. The topological polar surface area (TPSA) is 106 Å². The van der Waals surface area contributed by atoms with Gasteiger partial charge >= 0.3 is 5.91 Å². The number of para-hydroxylation sites is 1. The number of pyridine rings is 1. The van der Waals surface area contributed by atoms with E-state index in [9.17, 15) is 4.79 Å². The van der Waals surface area contributed by atoms with Gasteiger partial charge in [0, 0.05) is 11.6 Å². The number of hydrogen-bond donors (Lipinski definition) is 2.